The first-order chi connectivity index (χ1) is 11.0. The molecule has 0 spiro atoms. The Hall–Kier alpha value is -2.15. The molecule has 1 saturated carbocycles. The van der Waals surface area contributed by atoms with Gasteiger partial charge in [-0.3, -0.25) is 4.79 Å². The Balaban J connectivity index is 1.68. The van der Waals surface area contributed by atoms with E-state index in [9.17, 15) is 13.2 Å². The molecule has 6 nitrogen and oxygen atoms in total. The summed E-state index contributed by atoms with van der Waals surface area (Å²) in [7, 11) is -3.53. The summed E-state index contributed by atoms with van der Waals surface area (Å²) in [5, 5.41) is 5.83. The fourth-order valence-electron chi connectivity index (χ4n) is 2.23. The van der Waals surface area contributed by atoms with Crippen molar-refractivity contribution in [3.63, 3.8) is 0 Å². The van der Waals surface area contributed by atoms with Crippen molar-refractivity contribution in [1.29, 1.82) is 0 Å². The summed E-state index contributed by atoms with van der Waals surface area (Å²) in [6.45, 7) is 1.45. The largest absolute Gasteiger partial charge is 0.352 e. The lowest BCUT2D eigenvalue weighted by molar-refractivity contribution is -0.120. The minimum Gasteiger partial charge on any atom is -0.352 e. The third-order valence-corrected chi connectivity index (χ3v) is 5.93. The Morgan fingerprint density at radius 3 is 2.61 bits per heavy atom. The normalized spacial score (nSPS) is 16.0. The zero-order valence-electron chi connectivity index (χ0n) is 12.8. The van der Waals surface area contributed by atoms with Gasteiger partial charge in [0.2, 0.25) is 5.91 Å². The molecule has 7 heteroatoms. The molecule has 1 aromatic heterocycles. The van der Waals surface area contributed by atoms with Crippen LogP contribution in [0.4, 0.5) is 0 Å². The highest BCUT2D eigenvalue weighted by atomic mass is 32.2. The van der Waals surface area contributed by atoms with Gasteiger partial charge in [0.05, 0.1) is 11.4 Å². The van der Waals surface area contributed by atoms with Gasteiger partial charge in [-0.2, -0.15) is 5.10 Å². The fourth-order valence-corrected chi connectivity index (χ4v) is 3.53. The van der Waals surface area contributed by atoms with Gasteiger partial charge in [0, 0.05) is 18.4 Å². The molecule has 3 rings (SSSR count). The van der Waals surface area contributed by atoms with Crippen molar-refractivity contribution >= 4 is 15.7 Å². The Labute approximate surface area is 135 Å². The molecule has 122 valence electrons. The van der Waals surface area contributed by atoms with Crippen LogP contribution in [0.25, 0.3) is 5.69 Å². The smallest absolute Gasteiger partial charge is 0.238 e. The van der Waals surface area contributed by atoms with Crippen molar-refractivity contribution < 1.29 is 13.2 Å². The highest BCUT2D eigenvalue weighted by Crippen LogP contribution is 2.20. The van der Waals surface area contributed by atoms with E-state index in [1.54, 1.807) is 23.0 Å². The third kappa shape index (κ3) is 3.79. The van der Waals surface area contributed by atoms with Crippen LogP contribution in [0.2, 0.25) is 0 Å². The first-order valence-electron chi connectivity index (χ1n) is 7.56. The van der Waals surface area contributed by atoms with Crippen LogP contribution in [0.15, 0.2) is 42.7 Å². The molecule has 1 aromatic carbocycles. The molecular formula is C16H19N3O3S. The van der Waals surface area contributed by atoms with E-state index in [4.69, 9.17) is 0 Å². The van der Waals surface area contributed by atoms with Crippen LogP contribution in [0.3, 0.4) is 0 Å². The number of sulfone groups is 1. The van der Waals surface area contributed by atoms with Crippen LogP contribution in [0, 0.1) is 0 Å². The number of nitrogens with one attached hydrogen (secondary N) is 1. The SMILES string of the molecule is C[C@@H](C(=O)NC1CC1)S(=O)(=O)Cc1ccc(-n2cccn2)cc1. The van der Waals surface area contributed by atoms with Gasteiger partial charge in [0.25, 0.3) is 0 Å². The predicted octanol–water partition coefficient (Wildman–Crippen LogP) is 1.45. The van der Waals surface area contributed by atoms with Crippen LogP contribution < -0.4 is 5.32 Å². The molecule has 0 unspecified atom stereocenters. The molecule has 0 radical (unpaired) electrons. The van der Waals surface area contributed by atoms with Gasteiger partial charge < -0.3 is 5.32 Å². The second kappa shape index (κ2) is 6.16. The van der Waals surface area contributed by atoms with Crippen molar-refractivity contribution in [3.8, 4) is 5.69 Å². The van der Waals surface area contributed by atoms with Gasteiger partial charge in [-0.05, 0) is 43.5 Å². The fraction of sp³-hybridized carbons (Fsp3) is 0.375. The summed E-state index contributed by atoms with van der Waals surface area (Å²) in [5.74, 6) is -0.549. The highest BCUT2D eigenvalue weighted by molar-refractivity contribution is 7.92. The minimum absolute atomic E-state index is 0.147. The Bertz CT molecular complexity index is 778. The van der Waals surface area contributed by atoms with Gasteiger partial charge in [-0.25, -0.2) is 13.1 Å². The van der Waals surface area contributed by atoms with Gasteiger partial charge in [-0.15, -0.1) is 0 Å². The van der Waals surface area contributed by atoms with Gasteiger partial charge in [0.1, 0.15) is 5.25 Å². The molecule has 1 fully saturated rings. The maximum absolute atomic E-state index is 12.4. The molecule has 1 N–H and O–H groups in total. The Morgan fingerprint density at radius 2 is 2.04 bits per heavy atom. The number of aromatic nitrogens is 2. The monoisotopic (exact) mass is 333 g/mol. The second-order valence-electron chi connectivity index (χ2n) is 5.85. The molecule has 1 aliphatic carbocycles. The average Bonchev–Trinajstić information content (AvgIpc) is 3.16. The van der Waals surface area contributed by atoms with Crippen LogP contribution in [-0.2, 0) is 20.4 Å². The summed E-state index contributed by atoms with van der Waals surface area (Å²) in [5.41, 5.74) is 1.52. The Kier molecular flexibility index (Phi) is 4.21. The van der Waals surface area contributed by atoms with Crippen molar-refractivity contribution in [2.24, 2.45) is 0 Å². The van der Waals surface area contributed by atoms with E-state index >= 15 is 0 Å². The van der Waals surface area contributed by atoms with Crippen molar-refractivity contribution in [2.75, 3.05) is 0 Å². The zero-order valence-corrected chi connectivity index (χ0v) is 13.7. The third-order valence-electron chi connectivity index (χ3n) is 3.90. The molecule has 0 bridgehead atoms. The number of rotatable bonds is 6. The quantitative estimate of drug-likeness (QED) is 0.868. The number of hydrogen-bond acceptors (Lipinski definition) is 4. The van der Waals surface area contributed by atoms with Gasteiger partial charge in [-0.1, -0.05) is 12.1 Å². The van der Waals surface area contributed by atoms with Crippen molar-refractivity contribution in [1.82, 2.24) is 15.1 Å². The number of amides is 1. The summed E-state index contributed by atoms with van der Waals surface area (Å²) in [6.07, 6.45) is 5.37. The predicted molar refractivity (Wildman–Crippen MR) is 86.8 cm³/mol. The number of nitrogens with zero attached hydrogens (tertiary/aromatic N) is 2. The van der Waals surface area contributed by atoms with E-state index in [-0.39, 0.29) is 11.8 Å². The van der Waals surface area contributed by atoms with E-state index in [0.717, 1.165) is 18.5 Å². The van der Waals surface area contributed by atoms with Gasteiger partial charge in [0.15, 0.2) is 9.84 Å². The van der Waals surface area contributed by atoms with E-state index < -0.39 is 21.0 Å². The number of carbonyl (C=O) groups is 1. The van der Waals surface area contributed by atoms with Crippen LogP contribution in [0.1, 0.15) is 25.3 Å². The molecule has 0 saturated heterocycles. The summed E-state index contributed by atoms with van der Waals surface area (Å²) in [4.78, 5) is 11.9. The molecule has 1 heterocycles. The maximum atomic E-state index is 12.4. The number of hydrogen-bond donors (Lipinski definition) is 1. The Morgan fingerprint density at radius 1 is 1.35 bits per heavy atom. The van der Waals surface area contributed by atoms with Crippen molar-refractivity contribution in [2.45, 2.75) is 36.8 Å². The standard InChI is InChI=1S/C16H19N3O3S/c1-12(16(20)18-14-5-6-14)23(21,22)11-13-3-7-15(8-4-13)19-10-2-9-17-19/h2-4,7-10,12,14H,5-6,11H2,1H3,(H,18,20)/t12-/m0/s1. The van der Waals surface area contributed by atoms with E-state index in [1.165, 1.54) is 6.92 Å². The maximum Gasteiger partial charge on any atom is 0.238 e. The van der Waals surface area contributed by atoms with Crippen LogP contribution >= 0.6 is 0 Å². The molecule has 2 aromatic rings. The molecule has 23 heavy (non-hydrogen) atoms. The summed E-state index contributed by atoms with van der Waals surface area (Å²) < 4.78 is 26.5. The number of benzene rings is 1. The molecular weight excluding hydrogens is 314 g/mol. The lowest BCUT2D eigenvalue weighted by Crippen LogP contribution is -2.39. The first-order valence-corrected chi connectivity index (χ1v) is 9.28. The van der Waals surface area contributed by atoms with Gasteiger partial charge >= 0.3 is 0 Å². The van der Waals surface area contributed by atoms with E-state index in [0.29, 0.717) is 5.56 Å². The molecule has 0 aliphatic heterocycles. The molecule has 1 aliphatic rings. The number of carbonyl (C=O) groups excluding carboxylic acids is 1. The highest BCUT2D eigenvalue weighted by Gasteiger charge is 2.32. The van der Waals surface area contributed by atoms with E-state index in [2.05, 4.69) is 10.4 Å². The summed E-state index contributed by atoms with van der Waals surface area (Å²) >= 11 is 0. The topological polar surface area (TPSA) is 81.1 Å². The lowest BCUT2D eigenvalue weighted by atomic mass is 10.2. The van der Waals surface area contributed by atoms with Crippen LogP contribution in [-0.4, -0.2) is 35.4 Å². The first kappa shape index (κ1) is 15.7. The average molecular weight is 333 g/mol. The minimum atomic E-state index is -3.53. The molecule has 1 amide bonds. The van der Waals surface area contributed by atoms with E-state index in [1.807, 2.05) is 24.4 Å². The second-order valence-corrected chi connectivity index (χ2v) is 8.17. The van der Waals surface area contributed by atoms with Crippen molar-refractivity contribution in [3.05, 3.63) is 48.3 Å². The summed E-state index contributed by atoms with van der Waals surface area (Å²) in [6, 6.07) is 9.10. The van der Waals surface area contributed by atoms with Crippen LogP contribution in [0.5, 0.6) is 0 Å². The zero-order chi connectivity index (χ0) is 16.4. The lowest BCUT2D eigenvalue weighted by Gasteiger charge is -2.13. The molecule has 1 atom stereocenters.